The molecule has 0 unspecified atom stereocenters. The van der Waals surface area contributed by atoms with Gasteiger partial charge in [-0.3, -0.25) is 0 Å². The minimum atomic E-state index is -1.01. The summed E-state index contributed by atoms with van der Waals surface area (Å²) in [4.78, 5) is 22.2. The van der Waals surface area contributed by atoms with Crippen molar-refractivity contribution in [2.24, 2.45) is 0 Å². The Bertz CT molecular complexity index is 656. The van der Waals surface area contributed by atoms with Crippen LogP contribution in [0.3, 0.4) is 0 Å². The number of benzene rings is 2. The lowest BCUT2D eigenvalue weighted by molar-refractivity contribution is -0.849. The van der Waals surface area contributed by atoms with E-state index in [1.807, 2.05) is 0 Å². The van der Waals surface area contributed by atoms with Gasteiger partial charge in [0.2, 0.25) is 0 Å². The Morgan fingerprint density at radius 2 is 1.04 bits per heavy atom. The second-order valence-electron chi connectivity index (χ2n) is 6.78. The standard InChI is InChI=1S/C15H12O4.C4H12N/c16-14(17)12-7-3-1-5-10(12)9-11-6-2-4-8-13(11)15(18)19;1-5(2,3)4/h1-8H,9H2,(H,16,17)(H,18,19);1-4H3/q;+1. The maximum absolute atomic E-state index is 11.1. The van der Waals surface area contributed by atoms with E-state index in [2.05, 4.69) is 28.2 Å². The highest BCUT2D eigenvalue weighted by Gasteiger charge is 2.13. The molecule has 24 heavy (non-hydrogen) atoms. The van der Waals surface area contributed by atoms with Gasteiger partial charge < -0.3 is 14.7 Å². The monoisotopic (exact) mass is 330 g/mol. The van der Waals surface area contributed by atoms with Crippen molar-refractivity contribution in [3.63, 3.8) is 0 Å². The Hall–Kier alpha value is -2.66. The molecule has 2 aromatic rings. The molecule has 2 aromatic carbocycles. The third kappa shape index (κ3) is 6.62. The van der Waals surface area contributed by atoms with Crippen molar-refractivity contribution in [3.05, 3.63) is 70.8 Å². The summed E-state index contributed by atoms with van der Waals surface area (Å²) in [5.74, 6) is -2.02. The van der Waals surface area contributed by atoms with Gasteiger partial charge in [-0.25, -0.2) is 9.59 Å². The van der Waals surface area contributed by atoms with Crippen LogP contribution in [0.25, 0.3) is 0 Å². The molecular weight excluding hydrogens is 306 g/mol. The summed E-state index contributed by atoms with van der Waals surface area (Å²) in [6, 6.07) is 13.2. The van der Waals surface area contributed by atoms with Crippen LogP contribution in [-0.2, 0) is 6.42 Å². The molecule has 0 spiro atoms. The zero-order valence-corrected chi connectivity index (χ0v) is 14.5. The lowest BCUT2D eigenvalue weighted by Gasteiger charge is -2.14. The van der Waals surface area contributed by atoms with E-state index in [1.54, 1.807) is 36.4 Å². The molecule has 2 N–H and O–H groups in total. The van der Waals surface area contributed by atoms with Crippen molar-refractivity contribution in [1.82, 2.24) is 0 Å². The maximum Gasteiger partial charge on any atom is 0.335 e. The maximum atomic E-state index is 11.1. The largest absolute Gasteiger partial charge is 0.478 e. The minimum Gasteiger partial charge on any atom is -0.478 e. The third-order valence-corrected chi connectivity index (χ3v) is 2.88. The summed E-state index contributed by atoms with van der Waals surface area (Å²) in [6.45, 7) is 0. The molecule has 0 saturated carbocycles. The molecule has 0 aliphatic heterocycles. The molecular formula is C19H24NO4+. The number of carbonyl (C=O) groups is 2. The van der Waals surface area contributed by atoms with Crippen molar-refractivity contribution in [1.29, 1.82) is 0 Å². The van der Waals surface area contributed by atoms with Crippen molar-refractivity contribution in [3.8, 4) is 0 Å². The zero-order chi connectivity index (χ0) is 18.3. The molecule has 5 heteroatoms. The SMILES string of the molecule is C[N+](C)(C)C.O=C(O)c1ccccc1Cc1ccccc1C(=O)O. The topological polar surface area (TPSA) is 74.6 Å². The van der Waals surface area contributed by atoms with E-state index in [1.165, 1.54) is 12.1 Å². The Balaban J connectivity index is 0.000000505. The van der Waals surface area contributed by atoms with Crippen molar-refractivity contribution in [2.75, 3.05) is 28.2 Å². The highest BCUT2D eigenvalue weighted by Crippen LogP contribution is 2.17. The molecule has 0 aromatic heterocycles. The van der Waals surface area contributed by atoms with Crippen LogP contribution in [0.2, 0.25) is 0 Å². The van der Waals surface area contributed by atoms with Crippen LogP contribution in [0.5, 0.6) is 0 Å². The van der Waals surface area contributed by atoms with Gasteiger partial charge in [-0.1, -0.05) is 36.4 Å². The highest BCUT2D eigenvalue weighted by atomic mass is 16.4. The normalized spacial score (nSPS) is 10.5. The van der Waals surface area contributed by atoms with E-state index in [9.17, 15) is 9.59 Å². The van der Waals surface area contributed by atoms with Crippen LogP contribution >= 0.6 is 0 Å². The minimum absolute atomic E-state index is 0.197. The fourth-order valence-electron chi connectivity index (χ4n) is 1.97. The third-order valence-electron chi connectivity index (χ3n) is 2.88. The number of carboxylic acids is 2. The Morgan fingerprint density at radius 1 is 0.750 bits per heavy atom. The lowest BCUT2D eigenvalue weighted by Crippen LogP contribution is -2.27. The quantitative estimate of drug-likeness (QED) is 0.845. The van der Waals surface area contributed by atoms with Gasteiger partial charge in [0.1, 0.15) is 0 Å². The molecule has 0 heterocycles. The molecule has 0 fully saturated rings. The number of quaternary nitrogens is 1. The molecule has 0 atom stereocenters. The molecule has 0 saturated heterocycles. The van der Waals surface area contributed by atoms with Crippen molar-refractivity contribution >= 4 is 11.9 Å². The fourth-order valence-corrected chi connectivity index (χ4v) is 1.97. The number of hydrogen-bond acceptors (Lipinski definition) is 2. The average Bonchev–Trinajstić information content (AvgIpc) is 2.46. The number of aromatic carboxylic acids is 2. The number of rotatable bonds is 4. The Labute approximate surface area is 142 Å². The summed E-state index contributed by atoms with van der Waals surface area (Å²) in [6.07, 6.45) is 0.283. The van der Waals surface area contributed by atoms with Gasteiger partial charge in [0.25, 0.3) is 0 Å². The molecule has 2 rings (SSSR count). The summed E-state index contributed by atoms with van der Waals surface area (Å²) >= 11 is 0. The smallest absolute Gasteiger partial charge is 0.335 e. The first-order valence-corrected chi connectivity index (χ1v) is 7.51. The second-order valence-corrected chi connectivity index (χ2v) is 6.78. The summed E-state index contributed by atoms with van der Waals surface area (Å²) in [5, 5.41) is 18.2. The lowest BCUT2D eigenvalue weighted by atomic mass is 9.96. The van der Waals surface area contributed by atoms with Gasteiger partial charge >= 0.3 is 11.9 Å². The van der Waals surface area contributed by atoms with Crippen LogP contribution in [-0.4, -0.2) is 54.8 Å². The van der Waals surface area contributed by atoms with Gasteiger partial charge in [-0.05, 0) is 29.7 Å². The average molecular weight is 330 g/mol. The Kier molecular flexibility index (Phi) is 6.68. The van der Waals surface area contributed by atoms with E-state index in [-0.39, 0.29) is 17.5 Å². The molecule has 0 aliphatic carbocycles. The first-order valence-electron chi connectivity index (χ1n) is 7.51. The van der Waals surface area contributed by atoms with Gasteiger partial charge in [0.15, 0.2) is 0 Å². The van der Waals surface area contributed by atoms with Crippen LogP contribution in [0.15, 0.2) is 48.5 Å². The van der Waals surface area contributed by atoms with E-state index < -0.39 is 11.9 Å². The Morgan fingerprint density at radius 3 is 1.33 bits per heavy atom. The van der Waals surface area contributed by atoms with Gasteiger partial charge in [0, 0.05) is 0 Å². The number of carboxylic acid groups (broad SMARTS) is 2. The fraction of sp³-hybridized carbons (Fsp3) is 0.263. The van der Waals surface area contributed by atoms with Crippen LogP contribution in [0.1, 0.15) is 31.8 Å². The molecule has 0 bridgehead atoms. The predicted octanol–water partition coefficient (Wildman–Crippen LogP) is 3.00. The highest BCUT2D eigenvalue weighted by molar-refractivity contribution is 5.91. The van der Waals surface area contributed by atoms with Gasteiger partial charge in [0.05, 0.1) is 39.3 Å². The molecule has 5 nitrogen and oxygen atoms in total. The van der Waals surface area contributed by atoms with E-state index in [0.717, 1.165) is 4.48 Å². The summed E-state index contributed by atoms with van der Waals surface area (Å²) < 4.78 is 1.00. The zero-order valence-electron chi connectivity index (χ0n) is 14.5. The van der Waals surface area contributed by atoms with Crippen LogP contribution in [0, 0.1) is 0 Å². The van der Waals surface area contributed by atoms with Gasteiger partial charge in [-0.2, -0.15) is 0 Å². The summed E-state index contributed by atoms with van der Waals surface area (Å²) in [5.41, 5.74) is 1.60. The number of hydrogen-bond donors (Lipinski definition) is 2. The van der Waals surface area contributed by atoms with Gasteiger partial charge in [-0.15, -0.1) is 0 Å². The van der Waals surface area contributed by atoms with E-state index in [0.29, 0.717) is 11.1 Å². The van der Waals surface area contributed by atoms with E-state index >= 15 is 0 Å². The molecule has 0 aliphatic rings. The molecule has 128 valence electrons. The summed E-state index contributed by atoms with van der Waals surface area (Å²) in [7, 11) is 8.50. The number of nitrogens with zero attached hydrogens (tertiary/aromatic N) is 1. The second kappa shape index (κ2) is 8.26. The van der Waals surface area contributed by atoms with Crippen molar-refractivity contribution < 1.29 is 24.3 Å². The van der Waals surface area contributed by atoms with Crippen LogP contribution < -0.4 is 0 Å². The predicted molar refractivity (Wildman–Crippen MR) is 93.6 cm³/mol. The first kappa shape index (κ1) is 19.4. The van der Waals surface area contributed by atoms with E-state index in [4.69, 9.17) is 10.2 Å². The molecule has 0 radical (unpaired) electrons. The first-order chi connectivity index (χ1) is 11.1. The van der Waals surface area contributed by atoms with Crippen molar-refractivity contribution in [2.45, 2.75) is 6.42 Å². The van der Waals surface area contributed by atoms with Crippen LogP contribution in [0.4, 0.5) is 0 Å². The molecule has 0 amide bonds.